The molecule has 0 spiro atoms. The van der Waals surface area contributed by atoms with E-state index in [-0.39, 0.29) is 20.8 Å². The molecule has 1 aromatic rings. The van der Waals surface area contributed by atoms with Crippen molar-refractivity contribution in [2.24, 2.45) is 4.36 Å². The van der Waals surface area contributed by atoms with Crippen molar-refractivity contribution in [3.05, 3.63) is 27.2 Å². The Balaban J connectivity index is 3.43. The standard InChI is InChI=1S/C6H2Cl3NO2S/c7-3-1-2-4(10-13(11)12)6(9)5(3)8/h1-2H. The molecule has 0 aromatic heterocycles. The van der Waals surface area contributed by atoms with E-state index in [0.29, 0.717) is 0 Å². The molecule has 0 heterocycles. The maximum Gasteiger partial charge on any atom is 0.316 e. The van der Waals surface area contributed by atoms with E-state index < -0.39 is 10.5 Å². The first-order chi connectivity index (χ1) is 6.02. The fraction of sp³-hybridized carbons (Fsp3) is 0. The smallest absolute Gasteiger partial charge is 0.163 e. The molecule has 7 heteroatoms. The predicted octanol–water partition coefficient (Wildman–Crippen LogP) is 3.34. The summed E-state index contributed by atoms with van der Waals surface area (Å²) in [7, 11) is -2.55. The largest absolute Gasteiger partial charge is 0.316 e. The van der Waals surface area contributed by atoms with Gasteiger partial charge in [0.1, 0.15) is 5.69 Å². The normalized spacial score (nSPS) is 9.77. The number of rotatable bonds is 1. The molecule has 0 aliphatic heterocycles. The summed E-state index contributed by atoms with van der Waals surface area (Å²) in [5.41, 5.74) is 0.0735. The molecule has 0 saturated heterocycles. The highest BCUT2D eigenvalue weighted by Gasteiger charge is 2.07. The van der Waals surface area contributed by atoms with Crippen LogP contribution in [0.25, 0.3) is 0 Å². The summed E-state index contributed by atoms with van der Waals surface area (Å²) in [6, 6.07) is 2.79. The minimum atomic E-state index is -2.55. The third-order valence-corrected chi connectivity index (χ3v) is 2.82. The maximum absolute atomic E-state index is 10.2. The molecule has 70 valence electrons. The van der Waals surface area contributed by atoms with E-state index in [1.54, 1.807) is 0 Å². The highest BCUT2D eigenvalue weighted by Crippen LogP contribution is 2.36. The molecule has 3 nitrogen and oxygen atoms in total. The molecule has 0 aliphatic carbocycles. The molecule has 0 unspecified atom stereocenters. The highest BCUT2D eigenvalue weighted by atomic mass is 35.5. The van der Waals surface area contributed by atoms with Crippen LogP contribution >= 0.6 is 34.8 Å². The number of benzene rings is 1. The second-order valence-electron chi connectivity index (χ2n) is 2.00. The Labute approximate surface area is 90.9 Å². The number of hydrogen-bond acceptors (Lipinski definition) is 3. The zero-order valence-electron chi connectivity index (χ0n) is 5.96. The summed E-state index contributed by atoms with van der Waals surface area (Å²) in [5, 5.41) is 0.371. The van der Waals surface area contributed by atoms with Gasteiger partial charge in [0.2, 0.25) is 0 Å². The predicted molar refractivity (Wildman–Crippen MR) is 52.5 cm³/mol. The topological polar surface area (TPSA) is 46.5 Å². The third-order valence-electron chi connectivity index (χ3n) is 1.19. The fourth-order valence-electron chi connectivity index (χ4n) is 0.667. The zero-order valence-corrected chi connectivity index (χ0v) is 9.04. The molecule has 0 bridgehead atoms. The Morgan fingerprint density at radius 1 is 1.08 bits per heavy atom. The lowest BCUT2D eigenvalue weighted by atomic mass is 10.3. The molecule has 0 aliphatic rings. The van der Waals surface area contributed by atoms with Crippen molar-refractivity contribution in [1.29, 1.82) is 0 Å². The average Bonchev–Trinajstić information content (AvgIpc) is 2.06. The Morgan fingerprint density at radius 2 is 1.69 bits per heavy atom. The van der Waals surface area contributed by atoms with Gasteiger partial charge in [-0.25, -0.2) is 0 Å². The van der Waals surface area contributed by atoms with E-state index in [0.717, 1.165) is 0 Å². The van der Waals surface area contributed by atoms with Crippen LogP contribution < -0.4 is 0 Å². The first-order valence-corrected chi connectivity index (χ1v) is 5.13. The van der Waals surface area contributed by atoms with Gasteiger partial charge < -0.3 is 0 Å². The summed E-state index contributed by atoms with van der Waals surface area (Å²) in [5.74, 6) is 0. The first-order valence-electron chi connectivity index (χ1n) is 2.97. The Bertz CT molecular complexity index is 461. The summed E-state index contributed by atoms with van der Waals surface area (Å²) >= 11 is 16.9. The van der Waals surface area contributed by atoms with Crippen LogP contribution in [0.2, 0.25) is 15.1 Å². The van der Waals surface area contributed by atoms with Gasteiger partial charge in [-0.3, -0.25) is 0 Å². The zero-order chi connectivity index (χ0) is 10.0. The van der Waals surface area contributed by atoms with E-state index in [9.17, 15) is 8.42 Å². The molecule has 13 heavy (non-hydrogen) atoms. The van der Waals surface area contributed by atoms with Crippen LogP contribution in [0.4, 0.5) is 5.69 Å². The van der Waals surface area contributed by atoms with E-state index in [4.69, 9.17) is 34.8 Å². The molecule has 0 radical (unpaired) electrons. The van der Waals surface area contributed by atoms with Gasteiger partial charge in [0.15, 0.2) is 0 Å². The highest BCUT2D eigenvalue weighted by molar-refractivity contribution is 7.61. The van der Waals surface area contributed by atoms with Crippen LogP contribution in [0.5, 0.6) is 0 Å². The van der Waals surface area contributed by atoms with Gasteiger partial charge in [0.05, 0.1) is 15.1 Å². The lowest BCUT2D eigenvalue weighted by Gasteiger charge is -1.99. The summed E-state index contributed by atoms with van der Waals surface area (Å²) in [6.45, 7) is 0. The molecule has 0 amide bonds. The molecule has 0 fully saturated rings. The molecular formula is C6H2Cl3NO2S. The van der Waals surface area contributed by atoms with Gasteiger partial charge in [-0.15, -0.1) is 4.36 Å². The molecule has 0 atom stereocenters. The maximum atomic E-state index is 10.2. The fourth-order valence-corrected chi connectivity index (χ4v) is 1.60. The quantitative estimate of drug-likeness (QED) is 0.725. The van der Waals surface area contributed by atoms with Crippen LogP contribution in [0, 0.1) is 0 Å². The first kappa shape index (κ1) is 10.8. The molecule has 1 aromatic carbocycles. The van der Waals surface area contributed by atoms with Gasteiger partial charge >= 0.3 is 10.5 Å². The third kappa shape index (κ3) is 2.57. The lowest BCUT2D eigenvalue weighted by Crippen LogP contribution is -1.73. The van der Waals surface area contributed by atoms with Crippen molar-refractivity contribution in [2.75, 3.05) is 0 Å². The Morgan fingerprint density at radius 3 is 2.23 bits per heavy atom. The summed E-state index contributed by atoms with van der Waals surface area (Å²) in [4.78, 5) is 0. The average molecular weight is 259 g/mol. The van der Waals surface area contributed by atoms with Crippen molar-refractivity contribution >= 4 is 51.0 Å². The van der Waals surface area contributed by atoms with Crippen LogP contribution in [0.15, 0.2) is 16.5 Å². The van der Waals surface area contributed by atoms with Gasteiger partial charge in [-0.1, -0.05) is 34.8 Å². The van der Waals surface area contributed by atoms with Crippen LogP contribution in [-0.2, 0) is 10.5 Å². The van der Waals surface area contributed by atoms with E-state index in [1.165, 1.54) is 12.1 Å². The van der Waals surface area contributed by atoms with Crippen LogP contribution in [0.3, 0.4) is 0 Å². The van der Waals surface area contributed by atoms with Gasteiger partial charge in [-0.2, -0.15) is 8.42 Å². The SMILES string of the molecule is O=S(=O)=Nc1ccc(Cl)c(Cl)c1Cl. The van der Waals surface area contributed by atoms with Crippen LogP contribution in [0.1, 0.15) is 0 Å². The van der Waals surface area contributed by atoms with Crippen molar-refractivity contribution in [3.8, 4) is 0 Å². The van der Waals surface area contributed by atoms with Gasteiger partial charge in [-0.05, 0) is 12.1 Å². The van der Waals surface area contributed by atoms with E-state index in [1.807, 2.05) is 0 Å². The second kappa shape index (κ2) is 4.28. The number of hydrogen-bond donors (Lipinski definition) is 0. The molecular weight excluding hydrogens is 256 g/mol. The monoisotopic (exact) mass is 257 g/mol. The molecule has 1 rings (SSSR count). The van der Waals surface area contributed by atoms with E-state index >= 15 is 0 Å². The van der Waals surface area contributed by atoms with Crippen molar-refractivity contribution in [3.63, 3.8) is 0 Å². The second-order valence-corrected chi connectivity index (χ2v) is 3.78. The van der Waals surface area contributed by atoms with E-state index in [2.05, 4.69) is 4.36 Å². The number of halogens is 3. The van der Waals surface area contributed by atoms with Gasteiger partial charge in [0, 0.05) is 0 Å². The minimum Gasteiger partial charge on any atom is -0.163 e. The van der Waals surface area contributed by atoms with Crippen molar-refractivity contribution in [2.45, 2.75) is 0 Å². The van der Waals surface area contributed by atoms with Crippen molar-refractivity contribution < 1.29 is 8.42 Å². The Kier molecular flexibility index (Phi) is 3.55. The summed E-state index contributed by atoms with van der Waals surface area (Å²) < 4.78 is 23.6. The summed E-state index contributed by atoms with van der Waals surface area (Å²) in [6.07, 6.45) is 0. The van der Waals surface area contributed by atoms with Crippen LogP contribution in [-0.4, -0.2) is 8.42 Å². The Hall–Kier alpha value is -0.290. The number of nitrogens with zero attached hydrogens (tertiary/aromatic N) is 1. The molecule has 0 N–H and O–H groups in total. The molecule has 0 saturated carbocycles. The van der Waals surface area contributed by atoms with Crippen molar-refractivity contribution in [1.82, 2.24) is 0 Å². The lowest BCUT2D eigenvalue weighted by molar-refractivity contribution is 0.622. The van der Waals surface area contributed by atoms with Gasteiger partial charge in [0.25, 0.3) is 0 Å². The minimum absolute atomic E-state index is 0.0263.